The molecule has 0 aromatic carbocycles. The van der Waals surface area contributed by atoms with Crippen molar-refractivity contribution >= 4 is 42.2 Å². The number of hydrogen-bond donors (Lipinski definition) is 8. The summed E-state index contributed by atoms with van der Waals surface area (Å²) in [6.07, 6.45) is 2.77. The maximum absolute atomic E-state index is 12.5. The fraction of sp³-hybridized carbons (Fsp3) is 0.500. The molecule has 3 atom stereocenters. The number of carbonyl (C=O) groups excluding carboxylic acids is 4. The van der Waals surface area contributed by atoms with Crippen LogP contribution in [0, 0.1) is 0 Å². The number of rotatable bonds is 13. The predicted octanol–water partition coefficient (Wildman–Crippen LogP) is -3.35. The predicted molar refractivity (Wildman–Crippen MR) is 107 cm³/mol. The van der Waals surface area contributed by atoms with Gasteiger partial charge in [0.05, 0.1) is 18.9 Å². The van der Waals surface area contributed by atoms with Crippen molar-refractivity contribution in [3.8, 4) is 0 Å². The molecule has 1 aromatic rings. The number of aromatic nitrogens is 2. The van der Waals surface area contributed by atoms with Gasteiger partial charge in [-0.25, -0.2) is 9.78 Å². The number of imidazole rings is 1. The molecule has 0 saturated carbocycles. The number of aliphatic carboxylic acids is 1. The number of hydrogen-bond acceptors (Lipinski definition) is 8. The smallest absolute Gasteiger partial charge is 0.327 e. The molecule has 0 aliphatic rings. The minimum atomic E-state index is -1.28. The standard InChI is InChI=1S/C16H25N7O6S/c17-9(1-2-12(18)24)14(26)20-5-13(25)22-10(3-8-4-19-7-21-8)15(27)23-11(6-30)16(28)29/h4,7,9-11,30H,1-3,5-6,17H2,(H2,18,24)(H,19,21)(H,20,26)(H,22,25)(H,23,27)(H,28,29). The molecular formula is C16H25N7O6S. The number of nitrogens with two attached hydrogens (primary N) is 2. The van der Waals surface area contributed by atoms with Gasteiger partial charge in [-0.15, -0.1) is 0 Å². The van der Waals surface area contributed by atoms with E-state index in [1.54, 1.807) is 0 Å². The third-order valence-corrected chi connectivity index (χ3v) is 4.25. The molecule has 1 heterocycles. The van der Waals surface area contributed by atoms with Gasteiger partial charge in [-0.3, -0.25) is 19.2 Å². The Balaban J connectivity index is 2.68. The summed E-state index contributed by atoms with van der Waals surface area (Å²) in [7, 11) is 0. The summed E-state index contributed by atoms with van der Waals surface area (Å²) < 4.78 is 0. The van der Waals surface area contributed by atoms with Gasteiger partial charge in [-0.1, -0.05) is 0 Å². The topological polar surface area (TPSA) is 222 Å². The largest absolute Gasteiger partial charge is 0.480 e. The van der Waals surface area contributed by atoms with Crippen molar-refractivity contribution in [2.75, 3.05) is 12.3 Å². The molecular weight excluding hydrogens is 418 g/mol. The van der Waals surface area contributed by atoms with Crippen LogP contribution in [-0.4, -0.2) is 75.1 Å². The van der Waals surface area contributed by atoms with Gasteiger partial charge in [0.1, 0.15) is 12.1 Å². The van der Waals surface area contributed by atoms with E-state index in [9.17, 15) is 24.0 Å². The Labute approximate surface area is 177 Å². The van der Waals surface area contributed by atoms with Crippen molar-refractivity contribution in [3.05, 3.63) is 18.2 Å². The summed E-state index contributed by atoms with van der Waals surface area (Å²) in [4.78, 5) is 65.0. The molecule has 0 fully saturated rings. The zero-order valence-electron chi connectivity index (χ0n) is 16.0. The molecule has 0 spiro atoms. The van der Waals surface area contributed by atoms with Crippen molar-refractivity contribution in [1.82, 2.24) is 25.9 Å². The second kappa shape index (κ2) is 12.4. The van der Waals surface area contributed by atoms with Crippen molar-refractivity contribution in [3.63, 3.8) is 0 Å². The van der Waals surface area contributed by atoms with Gasteiger partial charge < -0.3 is 37.5 Å². The molecule has 0 radical (unpaired) electrons. The Hall–Kier alpha value is -3.13. The average molecular weight is 443 g/mol. The molecule has 30 heavy (non-hydrogen) atoms. The molecule has 0 aliphatic carbocycles. The molecule has 0 aliphatic heterocycles. The number of carboxylic acids is 1. The van der Waals surface area contributed by atoms with Crippen LogP contribution in [0.4, 0.5) is 0 Å². The van der Waals surface area contributed by atoms with Gasteiger partial charge in [-0.2, -0.15) is 12.6 Å². The number of nitrogens with zero attached hydrogens (tertiary/aromatic N) is 1. The van der Waals surface area contributed by atoms with Crippen molar-refractivity contribution in [2.24, 2.45) is 11.5 Å². The van der Waals surface area contributed by atoms with Crippen LogP contribution in [0.5, 0.6) is 0 Å². The van der Waals surface area contributed by atoms with Gasteiger partial charge >= 0.3 is 5.97 Å². The molecule has 4 amide bonds. The van der Waals surface area contributed by atoms with E-state index in [1.165, 1.54) is 12.5 Å². The minimum Gasteiger partial charge on any atom is -0.480 e. The van der Waals surface area contributed by atoms with Gasteiger partial charge in [0.15, 0.2) is 0 Å². The second-order valence-electron chi connectivity index (χ2n) is 6.31. The number of aromatic amines is 1. The van der Waals surface area contributed by atoms with E-state index in [1.807, 2.05) is 0 Å². The van der Waals surface area contributed by atoms with Gasteiger partial charge in [0, 0.05) is 30.5 Å². The Morgan fingerprint density at radius 3 is 2.40 bits per heavy atom. The number of primary amides is 1. The molecule has 14 heteroatoms. The van der Waals surface area contributed by atoms with E-state index >= 15 is 0 Å². The zero-order valence-corrected chi connectivity index (χ0v) is 16.9. The maximum atomic E-state index is 12.5. The van der Waals surface area contributed by atoms with Crippen molar-refractivity contribution in [2.45, 2.75) is 37.4 Å². The monoisotopic (exact) mass is 443 g/mol. The Morgan fingerprint density at radius 1 is 1.17 bits per heavy atom. The lowest BCUT2D eigenvalue weighted by Gasteiger charge is -2.20. The SMILES string of the molecule is NC(=O)CCC(N)C(=O)NCC(=O)NC(Cc1cnc[nH]1)C(=O)NC(CS)C(=O)O. The van der Waals surface area contributed by atoms with E-state index in [2.05, 4.69) is 38.5 Å². The lowest BCUT2D eigenvalue weighted by atomic mass is 10.1. The highest BCUT2D eigenvalue weighted by Gasteiger charge is 2.26. The van der Waals surface area contributed by atoms with Gasteiger partial charge in [-0.05, 0) is 6.42 Å². The number of nitrogens with one attached hydrogen (secondary N) is 4. The number of amides is 4. The fourth-order valence-electron chi connectivity index (χ4n) is 2.26. The van der Waals surface area contributed by atoms with E-state index in [0.29, 0.717) is 5.69 Å². The third-order valence-electron chi connectivity index (χ3n) is 3.89. The minimum absolute atomic E-state index is 0.00254. The highest BCUT2D eigenvalue weighted by molar-refractivity contribution is 7.80. The quantitative estimate of drug-likeness (QED) is 0.143. The first-order valence-corrected chi connectivity index (χ1v) is 9.49. The van der Waals surface area contributed by atoms with Crippen LogP contribution in [-0.2, 0) is 30.4 Å². The average Bonchev–Trinajstić information content (AvgIpc) is 3.20. The lowest BCUT2D eigenvalue weighted by Crippen LogP contribution is -2.55. The van der Waals surface area contributed by atoms with Crippen molar-refractivity contribution < 1.29 is 29.1 Å². The van der Waals surface area contributed by atoms with Crippen LogP contribution in [0.25, 0.3) is 0 Å². The molecule has 9 N–H and O–H groups in total. The Morgan fingerprint density at radius 2 is 1.87 bits per heavy atom. The molecule has 1 rings (SSSR count). The molecule has 0 saturated heterocycles. The lowest BCUT2D eigenvalue weighted by molar-refractivity contribution is -0.141. The van der Waals surface area contributed by atoms with Crippen LogP contribution >= 0.6 is 12.6 Å². The molecule has 1 aromatic heterocycles. The summed E-state index contributed by atoms with van der Waals surface area (Å²) in [5, 5.41) is 16.1. The zero-order chi connectivity index (χ0) is 22.7. The Bertz CT molecular complexity index is 757. The van der Waals surface area contributed by atoms with Crippen molar-refractivity contribution in [1.29, 1.82) is 0 Å². The van der Waals surface area contributed by atoms with Crippen LogP contribution in [0.1, 0.15) is 18.5 Å². The summed E-state index contributed by atoms with van der Waals surface area (Å²) in [5.74, 6) is -4.15. The second-order valence-corrected chi connectivity index (χ2v) is 6.68. The number of carbonyl (C=O) groups is 5. The van der Waals surface area contributed by atoms with Crippen LogP contribution in [0.3, 0.4) is 0 Å². The maximum Gasteiger partial charge on any atom is 0.327 e. The third kappa shape index (κ3) is 8.91. The number of H-pyrrole nitrogens is 1. The highest BCUT2D eigenvalue weighted by atomic mass is 32.1. The van der Waals surface area contributed by atoms with Gasteiger partial charge in [0.25, 0.3) is 0 Å². The molecule has 0 bridgehead atoms. The fourth-order valence-corrected chi connectivity index (χ4v) is 2.50. The first-order valence-electron chi connectivity index (χ1n) is 8.86. The van der Waals surface area contributed by atoms with E-state index in [0.717, 1.165) is 0 Å². The van der Waals surface area contributed by atoms with E-state index in [4.69, 9.17) is 16.6 Å². The number of carboxylic acid groups (broad SMARTS) is 1. The summed E-state index contributed by atoms with van der Waals surface area (Å²) in [5.41, 5.74) is 11.1. The first kappa shape index (κ1) is 24.9. The van der Waals surface area contributed by atoms with E-state index in [-0.39, 0.29) is 25.0 Å². The highest BCUT2D eigenvalue weighted by Crippen LogP contribution is 2.01. The first-order chi connectivity index (χ1) is 14.1. The van der Waals surface area contributed by atoms with Crippen LogP contribution < -0.4 is 27.4 Å². The molecule has 166 valence electrons. The summed E-state index contributed by atoms with van der Waals surface area (Å²) >= 11 is 3.87. The Kier molecular flexibility index (Phi) is 10.3. The molecule has 3 unspecified atom stereocenters. The molecule has 13 nitrogen and oxygen atoms in total. The van der Waals surface area contributed by atoms with Crippen LogP contribution in [0.2, 0.25) is 0 Å². The summed E-state index contributed by atoms with van der Waals surface area (Å²) in [6.45, 7) is -0.481. The van der Waals surface area contributed by atoms with Crippen LogP contribution in [0.15, 0.2) is 12.5 Å². The van der Waals surface area contributed by atoms with Gasteiger partial charge in [0.2, 0.25) is 23.6 Å². The number of thiol groups is 1. The van der Waals surface area contributed by atoms with E-state index < -0.39 is 54.3 Å². The summed E-state index contributed by atoms with van der Waals surface area (Å²) in [6, 6.07) is -3.41. The normalized spacial score (nSPS) is 13.5.